The van der Waals surface area contributed by atoms with Crippen LogP contribution in [0.5, 0.6) is 0 Å². The molecule has 27 heavy (non-hydrogen) atoms. The molecule has 0 spiro atoms. The van der Waals surface area contributed by atoms with E-state index in [1.54, 1.807) is 12.1 Å². The van der Waals surface area contributed by atoms with Crippen molar-refractivity contribution in [2.75, 3.05) is 13.1 Å². The Balaban J connectivity index is 1.58. The van der Waals surface area contributed by atoms with E-state index in [9.17, 15) is 10.1 Å². The minimum atomic E-state index is -0.885. The Morgan fingerprint density at radius 3 is 2.59 bits per heavy atom. The molecule has 2 atom stereocenters. The monoisotopic (exact) mass is 382 g/mol. The van der Waals surface area contributed by atoms with Crippen molar-refractivity contribution in [3.8, 4) is 6.07 Å². The Hall–Kier alpha value is -2.39. The Kier molecular flexibility index (Phi) is 6.12. The second kappa shape index (κ2) is 8.53. The van der Waals surface area contributed by atoms with Crippen molar-refractivity contribution in [3.63, 3.8) is 0 Å². The van der Waals surface area contributed by atoms with Crippen LogP contribution in [0.1, 0.15) is 17.5 Å². The van der Waals surface area contributed by atoms with Crippen LogP contribution in [0.15, 0.2) is 54.6 Å². The van der Waals surface area contributed by atoms with Crippen LogP contribution < -0.4 is 11.1 Å². The number of carbonyl (C=O) groups excluding carboxylic acids is 1. The van der Waals surface area contributed by atoms with Gasteiger partial charge in [-0.25, -0.2) is 0 Å². The second-order valence-electron chi connectivity index (χ2n) is 7.07. The maximum absolute atomic E-state index is 12.6. The number of halogens is 1. The zero-order valence-corrected chi connectivity index (χ0v) is 15.8. The van der Waals surface area contributed by atoms with E-state index in [2.05, 4.69) is 28.4 Å². The van der Waals surface area contributed by atoms with Gasteiger partial charge in [0.1, 0.15) is 5.54 Å². The zero-order chi connectivity index (χ0) is 19.3. The first-order valence-corrected chi connectivity index (χ1v) is 9.37. The highest BCUT2D eigenvalue weighted by Gasteiger charge is 2.40. The fraction of sp³-hybridized carbons (Fsp3) is 0.333. The quantitative estimate of drug-likeness (QED) is 0.804. The number of nitrogens with zero attached hydrogens (tertiary/aromatic N) is 2. The fourth-order valence-electron chi connectivity index (χ4n) is 3.38. The molecule has 0 radical (unpaired) electrons. The number of hydrogen-bond donors (Lipinski definition) is 2. The zero-order valence-electron chi connectivity index (χ0n) is 15.1. The SMILES string of the molecule is N#CC1(NC(=O)C(N)Cc2ccc(Cl)cc2)CCN(Cc2ccccc2)C1. The molecule has 1 heterocycles. The van der Waals surface area contributed by atoms with Gasteiger partial charge in [-0.3, -0.25) is 9.69 Å². The third-order valence-corrected chi connectivity index (χ3v) is 5.13. The third-order valence-electron chi connectivity index (χ3n) is 4.88. The van der Waals surface area contributed by atoms with Crippen LogP contribution in [0.4, 0.5) is 0 Å². The molecule has 1 aliphatic heterocycles. The lowest BCUT2D eigenvalue weighted by molar-refractivity contribution is -0.123. The Labute approximate surface area is 164 Å². The summed E-state index contributed by atoms with van der Waals surface area (Å²) in [5.74, 6) is -0.298. The first-order valence-electron chi connectivity index (χ1n) is 8.99. The van der Waals surface area contributed by atoms with E-state index in [4.69, 9.17) is 17.3 Å². The molecule has 2 aromatic rings. The summed E-state index contributed by atoms with van der Waals surface area (Å²) < 4.78 is 0. The Morgan fingerprint density at radius 2 is 1.93 bits per heavy atom. The van der Waals surface area contributed by atoms with Crippen LogP contribution in [-0.2, 0) is 17.8 Å². The van der Waals surface area contributed by atoms with Crippen molar-refractivity contribution in [1.29, 1.82) is 5.26 Å². The molecular formula is C21H23ClN4O. The number of carbonyl (C=O) groups is 1. The maximum Gasteiger partial charge on any atom is 0.238 e. The summed E-state index contributed by atoms with van der Waals surface area (Å²) in [5.41, 5.74) is 7.31. The molecule has 5 nitrogen and oxygen atoms in total. The number of hydrogen-bond acceptors (Lipinski definition) is 4. The first-order chi connectivity index (χ1) is 13.0. The largest absolute Gasteiger partial charge is 0.335 e. The molecule has 3 rings (SSSR count). The topological polar surface area (TPSA) is 82.1 Å². The molecule has 2 aromatic carbocycles. The van der Waals surface area contributed by atoms with Crippen LogP contribution in [-0.4, -0.2) is 35.5 Å². The van der Waals surface area contributed by atoms with E-state index in [1.807, 2.05) is 30.3 Å². The number of nitriles is 1. The number of likely N-dealkylation sites (tertiary alicyclic amines) is 1. The van der Waals surface area contributed by atoms with Gasteiger partial charge in [0, 0.05) is 24.7 Å². The molecule has 0 aromatic heterocycles. The van der Waals surface area contributed by atoms with Crippen molar-refractivity contribution >= 4 is 17.5 Å². The highest BCUT2D eigenvalue weighted by atomic mass is 35.5. The van der Waals surface area contributed by atoms with Crippen molar-refractivity contribution in [2.24, 2.45) is 5.73 Å². The van der Waals surface area contributed by atoms with Gasteiger partial charge in [-0.15, -0.1) is 0 Å². The summed E-state index contributed by atoms with van der Waals surface area (Å²) in [6, 6.07) is 19.0. The number of nitrogens with two attached hydrogens (primary N) is 1. The molecule has 140 valence electrons. The lowest BCUT2D eigenvalue weighted by Crippen LogP contribution is -2.54. The summed E-state index contributed by atoms with van der Waals surface area (Å²) in [6.45, 7) is 2.02. The minimum Gasteiger partial charge on any atom is -0.335 e. The maximum atomic E-state index is 12.6. The van der Waals surface area contributed by atoms with Gasteiger partial charge in [0.25, 0.3) is 0 Å². The number of rotatable bonds is 6. The normalized spacial score (nSPS) is 20.8. The third kappa shape index (κ3) is 5.08. The van der Waals surface area contributed by atoms with Gasteiger partial charge in [0.15, 0.2) is 0 Å². The van der Waals surface area contributed by atoms with Gasteiger partial charge >= 0.3 is 0 Å². The van der Waals surface area contributed by atoms with Gasteiger partial charge in [0.05, 0.1) is 12.1 Å². The summed E-state index contributed by atoms with van der Waals surface area (Å²) in [7, 11) is 0. The fourth-order valence-corrected chi connectivity index (χ4v) is 3.51. The average Bonchev–Trinajstić information content (AvgIpc) is 3.07. The van der Waals surface area contributed by atoms with Crippen molar-refractivity contribution in [3.05, 3.63) is 70.7 Å². The lowest BCUT2D eigenvalue weighted by atomic mass is 9.99. The van der Waals surface area contributed by atoms with E-state index in [1.165, 1.54) is 5.56 Å². The predicted octanol–water partition coefficient (Wildman–Crippen LogP) is 2.49. The summed E-state index contributed by atoms with van der Waals surface area (Å²) in [6.07, 6.45) is 0.994. The highest BCUT2D eigenvalue weighted by molar-refractivity contribution is 6.30. The van der Waals surface area contributed by atoms with Crippen LogP contribution in [0.2, 0.25) is 5.02 Å². The van der Waals surface area contributed by atoms with Gasteiger partial charge in [-0.2, -0.15) is 5.26 Å². The van der Waals surface area contributed by atoms with E-state index >= 15 is 0 Å². The van der Waals surface area contributed by atoms with Crippen LogP contribution in [0.3, 0.4) is 0 Å². The molecule has 0 aliphatic carbocycles. The summed E-state index contributed by atoms with van der Waals surface area (Å²) >= 11 is 5.88. The number of nitrogens with one attached hydrogen (secondary N) is 1. The van der Waals surface area contributed by atoms with E-state index in [0.29, 0.717) is 24.4 Å². The molecule has 1 aliphatic rings. The van der Waals surface area contributed by atoms with E-state index in [0.717, 1.165) is 18.7 Å². The summed E-state index contributed by atoms with van der Waals surface area (Å²) in [4.78, 5) is 14.8. The first kappa shape index (κ1) is 19.4. The van der Waals surface area contributed by atoms with Crippen molar-refractivity contribution in [1.82, 2.24) is 10.2 Å². The second-order valence-corrected chi connectivity index (χ2v) is 7.50. The minimum absolute atomic E-state index is 0.298. The predicted molar refractivity (Wildman–Crippen MR) is 106 cm³/mol. The molecule has 1 saturated heterocycles. The van der Waals surface area contributed by atoms with E-state index < -0.39 is 11.6 Å². The molecule has 0 bridgehead atoms. The standard InChI is InChI=1S/C21H23ClN4O/c22-18-8-6-16(7-9-18)12-19(24)20(27)25-21(14-23)10-11-26(15-21)13-17-4-2-1-3-5-17/h1-9,19H,10-13,15,24H2,(H,25,27). The van der Waals surface area contributed by atoms with Gasteiger partial charge < -0.3 is 11.1 Å². The van der Waals surface area contributed by atoms with Gasteiger partial charge in [-0.05, 0) is 36.1 Å². The Bertz CT molecular complexity index is 818. The van der Waals surface area contributed by atoms with Crippen molar-refractivity contribution in [2.45, 2.75) is 31.0 Å². The molecule has 0 saturated carbocycles. The molecule has 3 N–H and O–H groups in total. The molecule has 2 unspecified atom stereocenters. The van der Waals surface area contributed by atoms with Gasteiger partial charge in [-0.1, -0.05) is 54.1 Å². The molecule has 1 fully saturated rings. The van der Waals surface area contributed by atoms with E-state index in [-0.39, 0.29) is 5.91 Å². The van der Waals surface area contributed by atoms with Gasteiger partial charge in [0.2, 0.25) is 5.91 Å². The number of amides is 1. The average molecular weight is 383 g/mol. The highest BCUT2D eigenvalue weighted by Crippen LogP contribution is 2.23. The van der Waals surface area contributed by atoms with Crippen LogP contribution in [0.25, 0.3) is 0 Å². The summed E-state index contributed by atoms with van der Waals surface area (Å²) in [5, 5.41) is 13.2. The van der Waals surface area contributed by atoms with Crippen LogP contribution in [0, 0.1) is 11.3 Å². The lowest BCUT2D eigenvalue weighted by Gasteiger charge is -2.25. The smallest absolute Gasteiger partial charge is 0.238 e. The van der Waals surface area contributed by atoms with Crippen LogP contribution >= 0.6 is 11.6 Å². The van der Waals surface area contributed by atoms with Crippen molar-refractivity contribution < 1.29 is 4.79 Å². The Morgan fingerprint density at radius 1 is 1.22 bits per heavy atom. The molecular weight excluding hydrogens is 360 g/mol. The number of benzene rings is 2. The molecule has 6 heteroatoms. The molecule has 1 amide bonds.